The Bertz CT molecular complexity index is 1030. The van der Waals surface area contributed by atoms with Crippen LogP contribution in [0.5, 0.6) is 5.75 Å². The minimum Gasteiger partial charge on any atom is -0.497 e. The average molecular weight is 409 g/mol. The Morgan fingerprint density at radius 2 is 1.93 bits per heavy atom. The molecule has 0 aliphatic carbocycles. The Morgan fingerprint density at radius 1 is 1.14 bits per heavy atom. The van der Waals surface area contributed by atoms with E-state index in [1.54, 1.807) is 18.4 Å². The predicted octanol–water partition coefficient (Wildman–Crippen LogP) is 3.34. The van der Waals surface area contributed by atoms with Gasteiger partial charge in [0.2, 0.25) is 0 Å². The molecule has 5 rings (SSSR count). The van der Waals surface area contributed by atoms with Gasteiger partial charge < -0.3 is 14.2 Å². The van der Waals surface area contributed by atoms with Crippen LogP contribution in [0.25, 0.3) is 0 Å². The minimum absolute atomic E-state index is 0.105. The van der Waals surface area contributed by atoms with Gasteiger partial charge in [0, 0.05) is 31.2 Å². The highest BCUT2D eigenvalue weighted by Crippen LogP contribution is 2.35. The number of rotatable bonds is 5. The minimum atomic E-state index is 0.105. The summed E-state index contributed by atoms with van der Waals surface area (Å²) in [7, 11) is 1.68. The second-order valence-corrected chi connectivity index (χ2v) is 8.83. The Hall–Kier alpha value is -2.64. The number of likely N-dealkylation sites (tertiary alicyclic amines) is 1. The average Bonchev–Trinajstić information content (AvgIpc) is 3.45. The van der Waals surface area contributed by atoms with Crippen LogP contribution in [0.15, 0.2) is 48.0 Å². The van der Waals surface area contributed by atoms with Gasteiger partial charge in [0.05, 0.1) is 36.4 Å². The molecule has 150 valence electrons. The lowest BCUT2D eigenvalue weighted by molar-refractivity contribution is 0.0553. The van der Waals surface area contributed by atoms with Crippen LogP contribution in [-0.2, 0) is 13.1 Å². The van der Waals surface area contributed by atoms with Gasteiger partial charge in [0.15, 0.2) is 0 Å². The van der Waals surface area contributed by atoms with E-state index in [1.807, 2.05) is 42.3 Å². The van der Waals surface area contributed by atoms with Gasteiger partial charge >= 0.3 is 0 Å². The Kier molecular flexibility index (Phi) is 4.64. The summed E-state index contributed by atoms with van der Waals surface area (Å²) >= 11 is 1.64. The molecule has 0 spiro atoms. The van der Waals surface area contributed by atoms with E-state index in [2.05, 4.69) is 32.0 Å². The molecular weight excluding hydrogens is 384 g/mol. The largest absolute Gasteiger partial charge is 0.497 e. The molecule has 0 N–H and O–H groups in total. The van der Waals surface area contributed by atoms with Crippen LogP contribution < -0.4 is 4.74 Å². The van der Waals surface area contributed by atoms with E-state index in [0.717, 1.165) is 41.8 Å². The Balaban J connectivity index is 1.39. The number of fused-ring (bicyclic) bond motifs is 3. The van der Waals surface area contributed by atoms with Crippen molar-refractivity contribution in [3.63, 3.8) is 0 Å². The third-order valence-electron chi connectivity index (χ3n) is 5.92. The van der Waals surface area contributed by atoms with Crippen molar-refractivity contribution >= 4 is 17.2 Å². The van der Waals surface area contributed by atoms with Crippen LogP contribution in [0.4, 0.5) is 0 Å². The highest BCUT2D eigenvalue weighted by atomic mass is 32.1. The van der Waals surface area contributed by atoms with Crippen LogP contribution in [0.3, 0.4) is 0 Å². The van der Waals surface area contributed by atoms with E-state index < -0.39 is 0 Å². The summed E-state index contributed by atoms with van der Waals surface area (Å²) in [5.41, 5.74) is 3.02. The maximum absolute atomic E-state index is 13.2. The van der Waals surface area contributed by atoms with Gasteiger partial charge in [0.1, 0.15) is 11.4 Å². The number of thiazole rings is 1. The molecule has 7 heteroatoms. The number of carbonyl (C=O) groups excluding carboxylic acids is 1. The van der Waals surface area contributed by atoms with Crippen molar-refractivity contribution < 1.29 is 9.53 Å². The lowest BCUT2D eigenvalue weighted by atomic mass is 10.1. The molecule has 0 radical (unpaired) electrons. The SMILES string of the molecule is COc1ccc(CN2C[C@@H]3[C@H](C2)N(Cc2csc(C)n2)C(=O)c2cccn23)cc1. The number of benzene rings is 1. The summed E-state index contributed by atoms with van der Waals surface area (Å²) in [5, 5.41) is 3.10. The number of ether oxygens (including phenoxy) is 1. The van der Waals surface area contributed by atoms with E-state index in [4.69, 9.17) is 4.74 Å². The number of nitrogens with zero attached hydrogens (tertiary/aromatic N) is 4. The van der Waals surface area contributed by atoms with E-state index >= 15 is 0 Å². The zero-order valence-electron chi connectivity index (χ0n) is 16.6. The van der Waals surface area contributed by atoms with Gasteiger partial charge in [-0.15, -0.1) is 11.3 Å². The summed E-state index contributed by atoms with van der Waals surface area (Å²) in [6.07, 6.45) is 2.05. The zero-order valence-corrected chi connectivity index (χ0v) is 17.4. The number of amides is 1. The van der Waals surface area contributed by atoms with Crippen molar-refractivity contribution in [2.24, 2.45) is 0 Å². The van der Waals surface area contributed by atoms with Gasteiger partial charge in [-0.25, -0.2) is 4.98 Å². The molecule has 29 heavy (non-hydrogen) atoms. The molecule has 2 aliphatic heterocycles. The molecule has 0 bridgehead atoms. The first-order chi connectivity index (χ1) is 14.1. The van der Waals surface area contributed by atoms with Gasteiger partial charge in [0.25, 0.3) is 5.91 Å². The molecule has 1 amide bonds. The lowest BCUT2D eigenvalue weighted by Gasteiger charge is -2.38. The second kappa shape index (κ2) is 7.31. The fourth-order valence-electron chi connectivity index (χ4n) is 4.55. The zero-order chi connectivity index (χ0) is 20.0. The second-order valence-electron chi connectivity index (χ2n) is 7.77. The van der Waals surface area contributed by atoms with E-state index in [9.17, 15) is 4.79 Å². The van der Waals surface area contributed by atoms with Gasteiger partial charge in [-0.05, 0) is 36.8 Å². The van der Waals surface area contributed by atoms with Crippen molar-refractivity contribution in [1.29, 1.82) is 0 Å². The fraction of sp³-hybridized carbons (Fsp3) is 0.364. The van der Waals surface area contributed by atoms with Crippen LogP contribution in [-0.4, -0.2) is 51.5 Å². The summed E-state index contributed by atoms with van der Waals surface area (Å²) in [4.78, 5) is 22.3. The van der Waals surface area contributed by atoms with Crippen LogP contribution in [0.2, 0.25) is 0 Å². The highest BCUT2D eigenvalue weighted by molar-refractivity contribution is 7.09. The number of hydrogen-bond donors (Lipinski definition) is 0. The molecular formula is C22H24N4O2S. The van der Waals surface area contributed by atoms with Crippen molar-refractivity contribution in [3.8, 4) is 5.75 Å². The Labute approximate surface area is 174 Å². The molecule has 3 aromatic rings. The topological polar surface area (TPSA) is 50.6 Å². The smallest absolute Gasteiger partial charge is 0.271 e. The lowest BCUT2D eigenvalue weighted by Crippen LogP contribution is -2.49. The van der Waals surface area contributed by atoms with E-state index in [1.165, 1.54) is 5.56 Å². The number of carbonyl (C=O) groups is 1. The molecule has 1 fully saturated rings. The molecule has 2 aromatic heterocycles. The van der Waals surface area contributed by atoms with Crippen molar-refractivity contribution in [2.75, 3.05) is 20.2 Å². The molecule has 4 heterocycles. The number of aromatic nitrogens is 2. The normalized spacial score (nSPS) is 21.3. The molecule has 1 aromatic carbocycles. The van der Waals surface area contributed by atoms with E-state index in [0.29, 0.717) is 6.54 Å². The van der Waals surface area contributed by atoms with Crippen molar-refractivity contribution in [1.82, 2.24) is 19.4 Å². The quantitative estimate of drug-likeness (QED) is 0.650. The van der Waals surface area contributed by atoms with Crippen LogP contribution in [0.1, 0.15) is 32.8 Å². The van der Waals surface area contributed by atoms with Crippen LogP contribution >= 0.6 is 11.3 Å². The van der Waals surface area contributed by atoms with Crippen molar-refractivity contribution in [2.45, 2.75) is 32.1 Å². The molecule has 0 saturated carbocycles. The number of methoxy groups -OCH3 is 1. The first kappa shape index (κ1) is 18.4. The number of hydrogen-bond acceptors (Lipinski definition) is 5. The first-order valence-electron chi connectivity index (χ1n) is 9.86. The monoisotopic (exact) mass is 408 g/mol. The maximum Gasteiger partial charge on any atom is 0.271 e. The van der Waals surface area contributed by atoms with Crippen LogP contribution in [0, 0.1) is 6.92 Å². The molecule has 1 saturated heterocycles. The fourth-order valence-corrected chi connectivity index (χ4v) is 5.16. The summed E-state index contributed by atoms with van der Waals surface area (Å²) < 4.78 is 7.43. The third-order valence-corrected chi connectivity index (χ3v) is 6.74. The maximum atomic E-state index is 13.2. The van der Waals surface area contributed by atoms with Gasteiger partial charge in [-0.1, -0.05) is 12.1 Å². The standard InChI is InChI=1S/C22H24N4O2S/c1-15-23-17(14-29-15)11-26-21-13-24(10-16-5-7-18(28-2)8-6-16)12-20(21)25-9-3-4-19(25)22(26)27/h3-9,14,20-21H,10-13H2,1-2H3/t20-,21+/m1/s1. The van der Waals surface area contributed by atoms with Gasteiger partial charge in [-0.3, -0.25) is 9.69 Å². The highest BCUT2D eigenvalue weighted by Gasteiger charge is 2.44. The Morgan fingerprint density at radius 3 is 2.66 bits per heavy atom. The molecule has 6 nitrogen and oxygen atoms in total. The van der Waals surface area contributed by atoms with Crippen molar-refractivity contribution in [3.05, 3.63) is 69.9 Å². The molecule has 2 aliphatic rings. The van der Waals surface area contributed by atoms with Gasteiger partial charge in [-0.2, -0.15) is 0 Å². The first-order valence-corrected chi connectivity index (χ1v) is 10.7. The molecule has 0 unspecified atom stereocenters. The summed E-state index contributed by atoms with van der Waals surface area (Å²) in [6.45, 7) is 5.24. The van der Waals surface area contributed by atoms with E-state index in [-0.39, 0.29) is 18.0 Å². The number of aryl methyl sites for hydroxylation is 1. The summed E-state index contributed by atoms with van der Waals surface area (Å²) in [6, 6.07) is 12.6. The third kappa shape index (κ3) is 3.34. The summed E-state index contributed by atoms with van der Waals surface area (Å²) in [5.74, 6) is 0.976. The molecule has 2 atom stereocenters. The predicted molar refractivity (Wildman–Crippen MR) is 112 cm³/mol.